The second-order valence-corrected chi connectivity index (χ2v) is 6.10. The molecule has 3 nitrogen and oxygen atoms in total. The highest BCUT2D eigenvalue weighted by Gasteiger charge is 2.23. The zero-order valence-corrected chi connectivity index (χ0v) is 12.3. The summed E-state index contributed by atoms with van der Waals surface area (Å²) in [6.07, 6.45) is 4.51. The first kappa shape index (κ1) is 14.4. The third-order valence-corrected chi connectivity index (χ3v) is 4.48. The number of rotatable bonds is 4. The quantitative estimate of drug-likeness (QED) is 0.833. The van der Waals surface area contributed by atoms with Crippen molar-refractivity contribution in [1.82, 2.24) is 5.32 Å². The van der Waals surface area contributed by atoms with Crippen molar-refractivity contribution in [3.8, 4) is 0 Å². The SMILES string of the molecule is CSc1ccc(C)c(C(=O)NCC2CCC(O)C2)c1. The summed E-state index contributed by atoms with van der Waals surface area (Å²) in [7, 11) is 0. The average molecular weight is 279 g/mol. The highest BCUT2D eigenvalue weighted by Crippen LogP contribution is 2.25. The van der Waals surface area contributed by atoms with E-state index in [1.807, 2.05) is 31.4 Å². The molecule has 1 fully saturated rings. The lowest BCUT2D eigenvalue weighted by Crippen LogP contribution is -2.29. The molecule has 1 aromatic carbocycles. The van der Waals surface area contributed by atoms with Gasteiger partial charge in [-0.1, -0.05) is 6.07 Å². The lowest BCUT2D eigenvalue weighted by molar-refractivity contribution is 0.0944. The van der Waals surface area contributed by atoms with Gasteiger partial charge in [0.05, 0.1) is 6.10 Å². The zero-order valence-electron chi connectivity index (χ0n) is 11.5. The Morgan fingerprint density at radius 1 is 1.47 bits per heavy atom. The van der Waals surface area contributed by atoms with Crippen LogP contribution in [0.15, 0.2) is 23.1 Å². The molecule has 2 atom stereocenters. The molecule has 1 aliphatic carbocycles. The first-order chi connectivity index (χ1) is 9.10. The molecule has 0 aromatic heterocycles. The van der Waals surface area contributed by atoms with Crippen molar-refractivity contribution in [2.75, 3.05) is 12.8 Å². The molecule has 1 amide bonds. The van der Waals surface area contributed by atoms with Gasteiger partial charge in [0.25, 0.3) is 5.91 Å². The summed E-state index contributed by atoms with van der Waals surface area (Å²) in [5, 5.41) is 12.5. The van der Waals surface area contributed by atoms with E-state index >= 15 is 0 Å². The number of amides is 1. The Balaban J connectivity index is 1.96. The molecule has 0 aliphatic heterocycles. The maximum atomic E-state index is 12.2. The van der Waals surface area contributed by atoms with Gasteiger partial charge in [0, 0.05) is 17.0 Å². The Hall–Kier alpha value is -1.00. The Morgan fingerprint density at radius 3 is 2.89 bits per heavy atom. The van der Waals surface area contributed by atoms with E-state index in [4.69, 9.17) is 0 Å². The van der Waals surface area contributed by atoms with Crippen LogP contribution in [0.25, 0.3) is 0 Å². The molecule has 1 aliphatic rings. The van der Waals surface area contributed by atoms with Crippen molar-refractivity contribution >= 4 is 17.7 Å². The van der Waals surface area contributed by atoms with E-state index in [1.165, 1.54) is 0 Å². The fourth-order valence-electron chi connectivity index (χ4n) is 2.54. The molecule has 2 unspecified atom stereocenters. The minimum Gasteiger partial charge on any atom is -0.393 e. The van der Waals surface area contributed by atoms with Gasteiger partial charge in [-0.3, -0.25) is 4.79 Å². The highest BCUT2D eigenvalue weighted by atomic mass is 32.2. The number of hydrogen-bond donors (Lipinski definition) is 2. The van der Waals surface area contributed by atoms with Gasteiger partial charge in [-0.25, -0.2) is 0 Å². The van der Waals surface area contributed by atoms with Gasteiger partial charge < -0.3 is 10.4 Å². The van der Waals surface area contributed by atoms with Crippen LogP contribution in [-0.2, 0) is 0 Å². The first-order valence-electron chi connectivity index (χ1n) is 6.71. The first-order valence-corrected chi connectivity index (χ1v) is 7.93. The second kappa shape index (κ2) is 6.44. The largest absolute Gasteiger partial charge is 0.393 e. The maximum absolute atomic E-state index is 12.2. The van der Waals surface area contributed by atoms with E-state index in [2.05, 4.69) is 5.32 Å². The van der Waals surface area contributed by atoms with Crippen LogP contribution in [-0.4, -0.2) is 29.9 Å². The predicted octanol–water partition coefficient (Wildman–Crippen LogP) is 2.61. The molecule has 0 bridgehead atoms. The summed E-state index contributed by atoms with van der Waals surface area (Å²) >= 11 is 1.64. The average Bonchev–Trinajstić information content (AvgIpc) is 2.82. The fourth-order valence-corrected chi connectivity index (χ4v) is 2.98. The zero-order chi connectivity index (χ0) is 13.8. The molecule has 19 heavy (non-hydrogen) atoms. The minimum atomic E-state index is -0.177. The minimum absolute atomic E-state index is 0.00482. The molecular formula is C15H21NO2S. The van der Waals surface area contributed by atoms with Gasteiger partial charge in [0.1, 0.15) is 0 Å². The highest BCUT2D eigenvalue weighted by molar-refractivity contribution is 7.98. The topological polar surface area (TPSA) is 49.3 Å². The summed E-state index contributed by atoms with van der Waals surface area (Å²) in [5.41, 5.74) is 1.76. The molecule has 104 valence electrons. The number of carbonyl (C=O) groups excluding carboxylic acids is 1. The number of aryl methyl sites for hydroxylation is 1. The normalized spacial score (nSPS) is 22.5. The fraction of sp³-hybridized carbons (Fsp3) is 0.533. The number of benzene rings is 1. The van der Waals surface area contributed by atoms with Crippen LogP contribution in [0.3, 0.4) is 0 Å². The van der Waals surface area contributed by atoms with E-state index in [-0.39, 0.29) is 12.0 Å². The van der Waals surface area contributed by atoms with Crippen LogP contribution < -0.4 is 5.32 Å². The Morgan fingerprint density at radius 2 is 2.26 bits per heavy atom. The summed E-state index contributed by atoms with van der Waals surface area (Å²) in [6.45, 7) is 2.62. The van der Waals surface area contributed by atoms with Gasteiger partial charge >= 0.3 is 0 Å². The maximum Gasteiger partial charge on any atom is 0.251 e. The molecule has 0 saturated heterocycles. The van der Waals surface area contributed by atoms with Crippen LogP contribution in [0.2, 0.25) is 0 Å². The Bertz CT molecular complexity index is 461. The van der Waals surface area contributed by atoms with E-state index in [0.29, 0.717) is 12.5 Å². The van der Waals surface area contributed by atoms with E-state index in [0.717, 1.165) is 35.3 Å². The summed E-state index contributed by atoms with van der Waals surface area (Å²) < 4.78 is 0. The standard InChI is InChI=1S/C15H21NO2S/c1-10-3-6-13(19-2)8-14(10)15(18)16-9-11-4-5-12(17)7-11/h3,6,8,11-12,17H,4-5,7,9H2,1-2H3,(H,16,18). The van der Waals surface area contributed by atoms with Crippen molar-refractivity contribution in [2.24, 2.45) is 5.92 Å². The van der Waals surface area contributed by atoms with Gasteiger partial charge in [0.15, 0.2) is 0 Å². The van der Waals surface area contributed by atoms with Crippen LogP contribution in [0.4, 0.5) is 0 Å². The lowest BCUT2D eigenvalue weighted by atomic mass is 10.1. The molecule has 2 rings (SSSR count). The molecule has 1 aromatic rings. The Labute approximate surface area is 118 Å². The third kappa shape index (κ3) is 3.74. The molecular weight excluding hydrogens is 258 g/mol. The number of nitrogens with one attached hydrogen (secondary N) is 1. The number of hydrogen-bond acceptors (Lipinski definition) is 3. The molecule has 0 radical (unpaired) electrons. The van der Waals surface area contributed by atoms with E-state index in [9.17, 15) is 9.90 Å². The van der Waals surface area contributed by atoms with Crippen molar-refractivity contribution in [1.29, 1.82) is 0 Å². The van der Waals surface area contributed by atoms with Gasteiger partial charge in [-0.2, -0.15) is 0 Å². The van der Waals surface area contributed by atoms with Crippen LogP contribution >= 0.6 is 11.8 Å². The molecule has 0 heterocycles. The van der Waals surface area contributed by atoms with Gasteiger partial charge in [0.2, 0.25) is 0 Å². The Kier molecular flexibility index (Phi) is 4.88. The van der Waals surface area contributed by atoms with Crippen molar-refractivity contribution in [3.05, 3.63) is 29.3 Å². The van der Waals surface area contributed by atoms with Gasteiger partial charge in [-0.05, 0) is 56.1 Å². The van der Waals surface area contributed by atoms with Crippen molar-refractivity contribution in [3.63, 3.8) is 0 Å². The van der Waals surface area contributed by atoms with Crippen molar-refractivity contribution in [2.45, 2.75) is 37.2 Å². The van der Waals surface area contributed by atoms with Crippen LogP contribution in [0.1, 0.15) is 35.2 Å². The molecule has 1 saturated carbocycles. The summed E-state index contributed by atoms with van der Waals surface area (Å²) in [4.78, 5) is 13.3. The lowest BCUT2D eigenvalue weighted by Gasteiger charge is -2.12. The van der Waals surface area contributed by atoms with E-state index < -0.39 is 0 Å². The number of aliphatic hydroxyl groups excluding tert-OH is 1. The van der Waals surface area contributed by atoms with Crippen molar-refractivity contribution < 1.29 is 9.90 Å². The monoisotopic (exact) mass is 279 g/mol. The number of carbonyl (C=O) groups is 1. The van der Waals surface area contributed by atoms with Crippen LogP contribution in [0, 0.1) is 12.8 Å². The number of thioether (sulfide) groups is 1. The molecule has 2 N–H and O–H groups in total. The number of aliphatic hydroxyl groups is 1. The van der Waals surface area contributed by atoms with Crippen LogP contribution in [0.5, 0.6) is 0 Å². The molecule has 4 heteroatoms. The summed E-state index contributed by atoms with van der Waals surface area (Å²) in [6, 6.07) is 5.96. The third-order valence-electron chi connectivity index (χ3n) is 3.75. The molecule has 0 spiro atoms. The second-order valence-electron chi connectivity index (χ2n) is 5.22. The van der Waals surface area contributed by atoms with Gasteiger partial charge in [-0.15, -0.1) is 11.8 Å². The van der Waals surface area contributed by atoms with E-state index in [1.54, 1.807) is 11.8 Å². The summed E-state index contributed by atoms with van der Waals surface area (Å²) in [5.74, 6) is 0.415. The smallest absolute Gasteiger partial charge is 0.251 e. The predicted molar refractivity (Wildman–Crippen MR) is 78.6 cm³/mol.